The highest BCUT2D eigenvalue weighted by Gasteiger charge is 2.06. The Morgan fingerprint density at radius 1 is 0.824 bits per heavy atom. The summed E-state index contributed by atoms with van der Waals surface area (Å²) in [6, 6.07) is 19.7. The smallest absolute Gasteiger partial charge is 0.0150 e. The maximum absolute atomic E-state index is 2.30. The molecular formula is C17H20. The third kappa shape index (κ3) is 3.20. The van der Waals surface area contributed by atoms with Crippen LogP contribution in [-0.4, -0.2) is 0 Å². The number of rotatable bonds is 4. The minimum atomic E-state index is 0.586. The first-order chi connectivity index (χ1) is 8.29. The second-order valence-electron chi connectivity index (χ2n) is 4.69. The number of benzene rings is 2. The van der Waals surface area contributed by atoms with Crippen molar-refractivity contribution in [3.05, 3.63) is 71.3 Å². The molecule has 0 aliphatic carbocycles. The molecule has 0 aromatic heterocycles. The Morgan fingerprint density at radius 3 is 2.06 bits per heavy atom. The van der Waals surface area contributed by atoms with Gasteiger partial charge < -0.3 is 0 Å². The second-order valence-corrected chi connectivity index (χ2v) is 4.69. The van der Waals surface area contributed by atoms with Gasteiger partial charge in [-0.1, -0.05) is 68.4 Å². The first kappa shape index (κ1) is 11.9. The molecule has 0 fully saturated rings. The Balaban J connectivity index is 2.06. The van der Waals surface area contributed by atoms with E-state index in [0.29, 0.717) is 5.92 Å². The Labute approximate surface area is 104 Å². The van der Waals surface area contributed by atoms with E-state index in [-0.39, 0.29) is 0 Å². The fraction of sp³-hybridized carbons (Fsp3) is 0.294. The standard InChI is InChI=1S/C17H20/c1-3-15-9-11-17(12-10-15)14(2)13-16-7-5-4-6-8-16/h4-12,14H,3,13H2,1-2H3. The highest BCUT2D eigenvalue weighted by molar-refractivity contribution is 5.27. The SMILES string of the molecule is CCc1ccc(C(C)Cc2ccccc2)cc1. The van der Waals surface area contributed by atoms with Crippen LogP contribution in [-0.2, 0) is 12.8 Å². The van der Waals surface area contributed by atoms with Gasteiger partial charge in [0, 0.05) is 0 Å². The van der Waals surface area contributed by atoms with Gasteiger partial charge >= 0.3 is 0 Å². The minimum absolute atomic E-state index is 0.586. The van der Waals surface area contributed by atoms with Crippen LogP contribution >= 0.6 is 0 Å². The molecule has 1 unspecified atom stereocenters. The molecule has 2 rings (SSSR count). The largest absolute Gasteiger partial charge is 0.0622 e. The molecule has 0 N–H and O–H groups in total. The van der Waals surface area contributed by atoms with Gasteiger partial charge in [-0.05, 0) is 35.4 Å². The summed E-state index contributed by atoms with van der Waals surface area (Å²) in [7, 11) is 0. The molecule has 0 bridgehead atoms. The van der Waals surface area contributed by atoms with Crippen LogP contribution in [0.25, 0.3) is 0 Å². The summed E-state index contributed by atoms with van der Waals surface area (Å²) in [6.07, 6.45) is 2.24. The van der Waals surface area contributed by atoms with Gasteiger partial charge in [0.05, 0.1) is 0 Å². The molecule has 2 aromatic rings. The Morgan fingerprint density at radius 2 is 1.47 bits per heavy atom. The topological polar surface area (TPSA) is 0 Å². The molecule has 0 saturated carbocycles. The van der Waals surface area contributed by atoms with Crippen LogP contribution < -0.4 is 0 Å². The van der Waals surface area contributed by atoms with Crippen LogP contribution in [0, 0.1) is 0 Å². The molecule has 0 heteroatoms. The molecule has 17 heavy (non-hydrogen) atoms. The zero-order valence-electron chi connectivity index (χ0n) is 10.7. The van der Waals surface area contributed by atoms with Crippen molar-refractivity contribution in [1.82, 2.24) is 0 Å². The van der Waals surface area contributed by atoms with Gasteiger partial charge in [0.1, 0.15) is 0 Å². The zero-order valence-corrected chi connectivity index (χ0v) is 10.7. The lowest BCUT2D eigenvalue weighted by Crippen LogP contribution is -1.98. The van der Waals surface area contributed by atoms with E-state index in [0.717, 1.165) is 12.8 Å². The van der Waals surface area contributed by atoms with Gasteiger partial charge in [-0.15, -0.1) is 0 Å². The van der Waals surface area contributed by atoms with Gasteiger partial charge in [-0.2, -0.15) is 0 Å². The number of aryl methyl sites for hydroxylation is 1. The van der Waals surface area contributed by atoms with Crippen LogP contribution in [0.2, 0.25) is 0 Å². The van der Waals surface area contributed by atoms with Crippen molar-refractivity contribution in [2.24, 2.45) is 0 Å². The van der Waals surface area contributed by atoms with E-state index in [1.54, 1.807) is 0 Å². The summed E-state index contributed by atoms with van der Waals surface area (Å²) in [5.74, 6) is 0.586. The zero-order chi connectivity index (χ0) is 12.1. The molecule has 2 aromatic carbocycles. The van der Waals surface area contributed by atoms with Gasteiger partial charge in [0.2, 0.25) is 0 Å². The fourth-order valence-corrected chi connectivity index (χ4v) is 2.17. The van der Waals surface area contributed by atoms with Crippen LogP contribution in [0.5, 0.6) is 0 Å². The fourth-order valence-electron chi connectivity index (χ4n) is 2.17. The second kappa shape index (κ2) is 5.67. The van der Waals surface area contributed by atoms with Gasteiger partial charge in [0.15, 0.2) is 0 Å². The lowest BCUT2D eigenvalue weighted by atomic mass is 9.93. The molecule has 1 atom stereocenters. The van der Waals surface area contributed by atoms with Crippen LogP contribution in [0.4, 0.5) is 0 Å². The Hall–Kier alpha value is -1.56. The molecule has 88 valence electrons. The average molecular weight is 224 g/mol. The van der Waals surface area contributed by atoms with Crippen molar-refractivity contribution < 1.29 is 0 Å². The van der Waals surface area contributed by atoms with Gasteiger partial charge in [0.25, 0.3) is 0 Å². The maximum Gasteiger partial charge on any atom is -0.0150 e. The predicted molar refractivity (Wildman–Crippen MR) is 74.4 cm³/mol. The number of hydrogen-bond acceptors (Lipinski definition) is 0. The normalized spacial score (nSPS) is 12.4. The van der Waals surface area contributed by atoms with E-state index in [1.807, 2.05) is 0 Å². The number of hydrogen-bond donors (Lipinski definition) is 0. The summed E-state index contributed by atoms with van der Waals surface area (Å²) >= 11 is 0. The van der Waals surface area contributed by atoms with Gasteiger partial charge in [-0.25, -0.2) is 0 Å². The quantitative estimate of drug-likeness (QED) is 0.712. The molecule has 0 amide bonds. The Kier molecular flexibility index (Phi) is 3.98. The van der Waals surface area contributed by atoms with Crippen molar-refractivity contribution in [2.45, 2.75) is 32.6 Å². The van der Waals surface area contributed by atoms with Crippen molar-refractivity contribution in [1.29, 1.82) is 0 Å². The van der Waals surface area contributed by atoms with Crippen molar-refractivity contribution >= 4 is 0 Å². The summed E-state index contributed by atoms with van der Waals surface area (Å²) in [5.41, 5.74) is 4.27. The minimum Gasteiger partial charge on any atom is -0.0622 e. The summed E-state index contributed by atoms with van der Waals surface area (Å²) in [5, 5.41) is 0. The third-order valence-corrected chi connectivity index (χ3v) is 3.34. The van der Waals surface area contributed by atoms with E-state index in [4.69, 9.17) is 0 Å². The highest BCUT2D eigenvalue weighted by atomic mass is 14.1. The van der Waals surface area contributed by atoms with Crippen molar-refractivity contribution in [3.8, 4) is 0 Å². The highest BCUT2D eigenvalue weighted by Crippen LogP contribution is 2.20. The summed E-state index contributed by atoms with van der Waals surface area (Å²) in [6.45, 7) is 4.50. The predicted octanol–water partition coefficient (Wildman–Crippen LogP) is 4.60. The Bertz CT molecular complexity index is 439. The van der Waals surface area contributed by atoms with Crippen LogP contribution in [0.15, 0.2) is 54.6 Å². The van der Waals surface area contributed by atoms with Gasteiger partial charge in [-0.3, -0.25) is 0 Å². The lowest BCUT2D eigenvalue weighted by Gasteiger charge is -2.12. The summed E-state index contributed by atoms with van der Waals surface area (Å²) in [4.78, 5) is 0. The van der Waals surface area contributed by atoms with Crippen molar-refractivity contribution in [2.75, 3.05) is 0 Å². The van der Waals surface area contributed by atoms with E-state index in [1.165, 1.54) is 16.7 Å². The molecule has 0 nitrogen and oxygen atoms in total. The monoisotopic (exact) mass is 224 g/mol. The molecule has 0 aliphatic heterocycles. The average Bonchev–Trinajstić information content (AvgIpc) is 2.40. The van der Waals surface area contributed by atoms with E-state index < -0.39 is 0 Å². The molecule has 0 aliphatic rings. The molecule has 0 spiro atoms. The lowest BCUT2D eigenvalue weighted by molar-refractivity contribution is 0.758. The molecular weight excluding hydrogens is 204 g/mol. The summed E-state index contributed by atoms with van der Waals surface area (Å²) < 4.78 is 0. The van der Waals surface area contributed by atoms with Crippen molar-refractivity contribution in [3.63, 3.8) is 0 Å². The van der Waals surface area contributed by atoms with Crippen LogP contribution in [0.3, 0.4) is 0 Å². The van der Waals surface area contributed by atoms with E-state index >= 15 is 0 Å². The third-order valence-electron chi connectivity index (χ3n) is 3.34. The van der Waals surface area contributed by atoms with Crippen LogP contribution in [0.1, 0.15) is 36.5 Å². The van der Waals surface area contributed by atoms with E-state index in [9.17, 15) is 0 Å². The first-order valence-corrected chi connectivity index (χ1v) is 6.42. The first-order valence-electron chi connectivity index (χ1n) is 6.42. The maximum atomic E-state index is 2.30. The van der Waals surface area contributed by atoms with E-state index in [2.05, 4.69) is 68.4 Å². The molecule has 0 heterocycles. The molecule has 0 radical (unpaired) electrons. The molecule has 0 saturated heterocycles.